The average molecular weight is 315 g/mol. The van der Waals surface area contributed by atoms with Gasteiger partial charge in [-0.2, -0.15) is 13.2 Å². The number of nitrogens with one attached hydrogen (secondary N) is 1. The Kier molecular flexibility index (Phi) is 5.51. The molecule has 0 aromatic heterocycles. The highest BCUT2D eigenvalue weighted by atomic mass is 19.4. The van der Waals surface area contributed by atoms with Gasteiger partial charge in [0.15, 0.2) is 5.96 Å². The van der Waals surface area contributed by atoms with Crippen molar-refractivity contribution in [3.8, 4) is 5.75 Å². The first kappa shape index (κ1) is 16.5. The minimum atomic E-state index is -4.33. The molecule has 0 unspecified atom stereocenters. The van der Waals surface area contributed by atoms with Gasteiger partial charge < -0.3 is 15.8 Å². The zero-order chi connectivity index (χ0) is 16.0. The topological polar surface area (TPSA) is 59.6 Å². The minimum absolute atomic E-state index is 0.297. The third-order valence-corrected chi connectivity index (χ3v) is 3.60. The highest BCUT2D eigenvalue weighted by molar-refractivity contribution is 5.77. The number of nitrogens with two attached hydrogens (primary N) is 1. The van der Waals surface area contributed by atoms with Crippen LogP contribution in [-0.4, -0.2) is 25.7 Å². The molecule has 1 aliphatic rings. The zero-order valence-electron chi connectivity index (χ0n) is 12.2. The normalized spacial score (nSPS) is 16.2. The van der Waals surface area contributed by atoms with Crippen molar-refractivity contribution in [2.75, 3.05) is 19.7 Å². The quantitative estimate of drug-likeness (QED) is 0.482. The van der Waals surface area contributed by atoms with Gasteiger partial charge in [-0.25, -0.2) is 0 Å². The first-order valence-corrected chi connectivity index (χ1v) is 7.29. The Morgan fingerprint density at radius 3 is 2.50 bits per heavy atom. The number of ether oxygens (including phenoxy) is 1. The number of aliphatic imine (C=N–C) groups is 1. The summed E-state index contributed by atoms with van der Waals surface area (Å²) >= 11 is 0. The van der Waals surface area contributed by atoms with Gasteiger partial charge in [-0.15, -0.1) is 0 Å². The second-order valence-electron chi connectivity index (χ2n) is 5.32. The summed E-state index contributed by atoms with van der Waals surface area (Å²) < 4.78 is 42.5. The van der Waals surface area contributed by atoms with Gasteiger partial charge in [0.25, 0.3) is 0 Å². The molecular weight excluding hydrogens is 295 g/mol. The van der Waals surface area contributed by atoms with Gasteiger partial charge >= 0.3 is 6.18 Å². The number of benzene rings is 1. The fraction of sp³-hybridized carbons (Fsp3) is 0.533. The molecule has 22 heavy (non-hydrogen) atoms. The van der Waals surface area contributed by atoms with Crippen molar-refractivity contribution in [2.45, 2.75) is 25.4 Å². The number of rotatable bonds is 6. The molecule has 1 saturated carbocycles. The molecule has 1 fully saturated rings. The SMILES string of the molecule is NC(=NCC1CCC1)NCCOc1ccc(C(F)(F)F)cc1. The average Bonchev–Trinajstić information content (AvgIpc) is 2.41. The Labute approximate surface area is 127 Å². The van der Waals surface area contributed by atoms with Crippen LogP contribution in [0.4, 0.5) is 13.2 Å². The predicted molar refractivity (Wildman–Crippen MR) is 78.8 cm³/mol. The zero-order valence-corrected chi connectivity index (χ0v) is 12.2. The maximum atomic E-state index is 12.4. The van der Waals surface area contributed by atoms with E-state index < -0.39 is 11.7 Å². The van der Waals surface area contributed by atoms with Crippen LogP contribution in [0.5, 0.6) is 5.75 Å². The first-order valence-electron chi connectivity index (χ1n) is 7.29. The van der Waals surface area contributed by atoms with Crippen LogP contribution in [0.15, 0.2) is 29.3 Å². The van der Waals surface area contributed by atoms with Crippen LogP contribution in [0.3, 0.4) is 0 Å². The predicted octanol–water partition coefficient (Wildman–Crippen LogP) is 2.79. The summed E-state index contributed by atoms with van der Waals surface area (Å²) in [5, 5.41) is 2.91. The van der Waals surface area contributed by atoms with Crippen LogP contribution in [0.25, 0.3) is 0 Å². The molecule has 0 spiro atoms. The van der Waals surface area contributed by atoms with Crippen LogP contribution in [-0.2, 0) is 6.18 Å². The van der Waals surface area contributed by atoms with E-state index in [4.69, 9.17) is 10.5 Å². The maximum Gasteiger partial charge on any atom is 0.416 e. The number of halogens is 3. The summed E-state index contributed by atoms with van der Waals surface area (Å²) in [6.45, 7) is 1.49. The smallest absolute Gasteiger partial charge is 0.416 e. The monoisotopic (exact) mass is 315 g/mol. The molecule has 0 aliphatic heterocycles. The molecule has 0 atom stereocenters. The summed E-state index contributed by atoms with van der Waals surface area (Å²) in [5.74, 6) is 1.42. The Hall–Kier alpha value is -1.92. The number of alkyl halides is 3. The maximum absolute atomic E-state index is 12.4. The van der Waals surface area contributed by atoms with Crippen LogP contribution >= 0.6 is 0 Å². The first-order chi connectivity index (χ1) is 10.4. The lowest BCUT2D eigenvalue weighted by Crippen LogP contribution is -2.35. The van der Waals surface area contributed by atoms with E-state index in [0.29, 0.717) is 30.8 Å². The van der Waals surface area contributed by atoms with Crippen molar-refractivity contribution >= 4 is 5.96 Å². The van der Waals surface area contributed by atoms with E-state index in [1.807, 2.05) is 0 Å². The van der Waals surface area contributed by atoms with Gasteiger partial charge in [-0.1, -0.05) is 6.42 Å². The third kappa shape index (κ3) is 5.13. The summed E-state index contributed by atoms with van der Waals surface area (Å²) in [6.07, 6.45) is -0.623. The molecule has 1 aliphatic carbocycles. The number of nitrogens with zero attached hydrogens (tertiary/aromatic N) is 1. The minimum Gasteiger partial charge on any atom is -0.492 e. The summed E-state index contributed by atoms with van der Waals surface area (Å²) in [4.78, 5) is 4.23. The van der Waals surface area contributed by atoms with Crippen molar-refractivity contribution in [3.63, 3.8) is 0 Å². The fourth-order valence-corrected chi connectivity index (χ4v) is 2.05. The van der Waals surface area contributed by atoms with Crippen molar-refractivity contribution in [3.05, 3.63) is 29.8 Å². The molecule has 122 valence electrons. The fourth-order valence-electron chi connectivity index (χ4n) is 2.05. The Morgan fingerprint density at radius 2 is 1.95 bits per heavy atom. The molecule has 7 heteroatoms. The van der Waals surface area contributed by atoms with Crippen LogP contribution < -0.4 is 15.8 Å². The van der Waals surface area contributed by atoms with E-state index in [0.717, 1.165) is 18.7 Å². The van der Waals surface area contributed by atoms with Crippen LogP contribution in [0, 0.1) is 5.92 Å². The third-order valence-electron chi connectivity index (χ3n) is 3.60. The highest BCUT2D eigenvalue weighted by Crippen LogP contribution is 2.30. The van der Waals surface area contributed by atoms with E-state index in [9.17, 15) is 13.2 Å². The van der Waals surface area contributed by atoms with E-state index in [1.54, 1.807) is 0 Å². The van der Waals surface area contributed by atoms with Crippen molar-refractivity contribution in [1.29, 1.82) is 0 Å². The molecule has 4 nitrogen and oxygen atoms in total. The van der Waals surface area contributed by atoms with Crippen molar-refractivity contribution < 1.29 is 17.9 Å². The van der Waals surface area contributed by atoms with Gasteiger partial charge in [-0.3, -0.25) is 4.99 Å². The standard InChI is InChI=1S/C15H20F3N3O/c16-15(17,18)12-4-6-13(7-5-12)22-9-8-20-14(19)21-10-11-2-1-3-11/h4-7,11H,1-3,8-10H2,(H3,19,20,21). The van der Waals surface area contributed by atoms with Gasteiger partial charge in [0.05, 0.1) is 12.1 Å². The molecule has 1 aromatic carbocycles. The Morgan fingerprint density at radius 1 is 1.27 bits per heavy atom. The second kappa shape index (κ2) is 7.38. The Balaban J connectivity index is 1.65. The molecule has 0 amide bonds. The molecule has 0 heterocycles. The molecule has 1 aromatic rings. The van der Waals surface area contributed by atoms with Crippen molar-refractivity contribution in [1.82, 2.24) is 5.32 Å². The largest absolute Gasteiger partial charge is 0.492 e. The van der Waals surface area contributed by atoms with E-state index >= 15 is 0 Å². The van der Waals surface area contributed by atoms with E-state index in [1.165, 1.54) is 31.4 Å². The second-order valence-corrected chi connectivity index (χ2v) is 5.32. The summed E-state index contributed by atoms with van der Waals surface area (Å²) in [6, 6.07) is 4.60. The molecule has 3 N–H and O–H groups in total. The van der Waals surface area contributed by atoms with E-state index in [-0.39, 0.29) is 0 Å². The summed E-state index contributed by atoms with van der Waals surface area (Å²) in [7, 11) is 0. The lowest BCUT2D eigenvalue weighted by molar-refractivity contribution is -0.137. The van der Waals surface area contributed by atoms with Crippen LogP contribution in [0.1, 0.15) is 24.8 Å². The molecule has 0 bridgehead atoms. The lowest BCUT2D eigenvalue weighted by atomic mass is 9.86. The molecular formula is C15H20F3N3O. The highest BCUT2D eigenvalue weighted by Gasteiger charge is 2.29. The van der Waals surface area contributed by atoms with Crippen molar-refractivity contribution in [2.24, 2.45) is 16.6 Å². The summed E-state index contributed by atoms with van der Waals surface area (Å²) in [5.41, 5.74) is 5.02. The van der Waals surface area contributed by atoms with E-state index in [2.05, 4.69) is 10.3 Å². The molecule has 0 saturated heterocycles. The van der Waals surface area contributed by atoms with Gasteiger partial charge in [0.1, 0.15) is 12.4 Å². The van der Waals surface area contributed by atoms with Gasteiger partial charge in [-0.05, 0) is 43.0 Å². The number of guanidine groups is 1. The van der Waals surface area contributed by atoms with Gasteiger partial charge in [0.2, 0.25) is 0 Å². The number of hydrogen-bond donors (Lipinski definition) is 2. The van der Waals surface area contributed by atoms with Crippen LogP contribution in [0.2, 0.25) is 0 Å². The number of hydrogen-bond acceptors (Lipinski definition) is 2. The van der Waals surface area contributed by atoms with Gasteiger partial charge in [0, 0.05) is 6.54 Å². The molecule has 2 rings (SSSR count). The lowest BCUT2D eigenvalue weighted by Gasteiger charge is -2.23. The Bertz CT molecular complexity index is 496. The molecule has 0 radical (unpaired) electrons.